The Morgan fingerprint density at radius 3 is 2.24 bits per heavy atom. The van der Waals surface area contributed by atoms with E-state index in [9.17, 15) is 4.79 Å². The van der Waals surface area contributed by atoms with E-state index in [4.69, 9.17) is 28.4 Å². The molecule has 3 aromatic carbocycles. The first kappa shape index (κ1) is 39.6. The molecule has 0 bridgehead atoms. The zero-order valence-corrected chi connectivity index (χ0v) is 34.9. The van der Waals surface area contributed by atoms with Gasteiger partial charge in [-0.15, -0.1) is 10.0 Å². The average molecular weight is 818 g/mol. The number of rotatable bonds is 11. The standard InChI is InChI=1S/C41H51BrN5O6Si/c1-40(2,3)53-39(48)46-26-36(37-34-25-43-21-22-47(34,38(42)45-37)44-24-29-19-20-31(49-7)23-35(29)50-8)51-27-30(46)28-52-54(41(4,5)6,32-15-11-9-12-16-32)33-17-13-10-14-18-33/h9-23,25,30,36,44H,24,26-28H2,1-8H3/q+1. The first-order valence-corrected chi connectivity index (χ1v) is 20.8. The molecule has 3 heterocycles. The number of carbonyl (C=O) groups excluding carboxylic acids is 1. The van der Waals surface area contributed by atoms with Gasteiger partial charge in [0, 0.05) is 27.6 Å². The molecule has 13 heteroatoms. The van der Waals surface area contributed by atoms with Crippen molar-refractivity contribution in [1.82, 2.24) is 10.3 Å². The Kier molecular flexibility index (Phi) is 11.7. The number of carbonyl (C=O) groups is 1. The fourth-order valence-corrected chi connectivity index (χ4v) is 12.5. The number of quaternary nitrogens is 1. The third-order valence-electron chi connectivity index (χ3n) is 9.87. The summed E-state index contributed by atoms with van der Waals surface area (Å²) >= 11 is 3.76. The smallest absolute Gasteiger partial charge is 0.410 e. The lowest BCUT2D eigenvalue weighted by molar-refractivity contribution is -0.787. The van der Waals surface area contributed by atoms with E-state index in [1.807, 2.05) is 57.3 Å². The molecule has 1 amide bonds. The van der Waals surface area contributed by atoms with Gasteiger partial charge < -0.3 is 23.4 Å². The second kappa shape index (κ2) is 15.9. The Morgan fingerprint density at radius 2 is 1.65 bits per heavy atom. The van der Waals surface area contributed by atoms with E-state index in [1.54, 1.807) is 31.5 Å². The van der Waals surface area contributed by atoms with Crippen LogP contribution in [0.15, 0.2) is 113 Å². The molecule has 0 radical (unpaired) electrons. The van der Waals surface area contributed by atoms with Crippen LogP contribution >= 0.6 is 15.9 Å². The number of fused-ring (bicyclic) bond motifs is 1. The highest BCUT2D eigenvalue weighted by Gasteiger charge is 2.52. The van der Waals surface area contributed by atoms with Crippen LogP contribution < -0.4 is 25.3 Å². The van der Waals surface area contributed by atoms with E-state index in [0.717, 1.165) is 21.6 Å². The summed E-state index contributed by atoms with van der Waals surface area (Å²) in [5, 5.41) is 2.09. The summed E-state index contributed by atoms with van der Waals surface area (Å²) in [7, 11) is 0.362. The van der Waals surface area contributed by atoms with Crippen LogP contribution in [0.25, 0.3) is 0 Å². The van der Waals surface area contributed by atoms with Crippen LogP contribution in [-0.2, 0) is 20.4 Å². The van der Waals surface area contributed by atoms with Gasteiger partial charge in [0.25, 0.3) is 8.32 Å². The predicted molar refractivity (Wildman–Crippen MR) is 218 cm³/mol. The molecule has 6 rings (SSSR count). The molecule has 286 valence electrons. The number of morpholine rings is 1. The van der Waals surface area contributed by atoms with Gasteiger partial charge in [0.2, 0.25) is 5.70 Å². The third kappa shape index (κ3) is 7.84. The topological polar surface area (TPSA) is 103 Å². The van der Waals surface area contributed by atoms with Gasteiger partial charge in [0.15, 0.2) is 0 Å². The Labute approximate surface area is 328 Å². The van der Waals surface area contributed by atoms with Crippen LogP contribution in [0.3, 0.4) is 0 Å². The number of amidine groups is 1. The number of methoxy groups -OCH3 is 2. The molecular formula is C41H51BrN5O6Si+. The summed E-state index contributed by atoms with van der Waals surface area (Å²) in [4.78, 5) is 25.3. The number of benzene rings is 3. The van der Waals surface area contributed by atoms with E-state index in [0.29, 0.717) is 28.5 Å². The maximum Gasteiger partial charge on any atom is 0.410 e. The van der Waals surface area contributed by atoms with Gasteiger partial charge in [0.1, 0.15) is 35.1 Å². The molecule has 3 aromatic rings. The highest BCUT2D eigenvalue weighted by Crippen LogP contribution is 2.39. The summed E-state index contributed by atoms with van der Waals surface area (Å²) in [6.45, 7) is 13.5. The Balaban J connectivity index is 1.31. The predicted octanol–water partition coefficient (Wildman–Crippen LogP) is 6.64. The van der Waals surface area contributed by atoms with Gasteiger partial charge in [0.05, 0.1) is 59.0 Å². The number of aliphatic imine (C=N–C) groups is 2. The Hall–Kier alpha value is -4.11. The Bertz CT molecular complexity index is 1900. The number of nitrogens with one attached hydrogen (secondary N) is 1. The molecule has 0 spiro atoms. The van der Waals surface area contributed by atoms with E-state index in [2.05, 4.69) is 95.7 Å². The van der Waals surface area contributed by atoms with Gasteiger partial charge in [-0.1, -0.05) is 87.5 Å². The summed E-state index contributed by atoms with van der Waals surface area (Å²) in [5.41, 5.74) is 5.28. The maximum absolute atomic E-state index is 14.1. The highest BCUT2D eigenvalue weighted by atomic mass is 79.9. The van der Waals surface area contributed by atoms with Crippen LogP contribution in [-0.4, -0.2) is 86.6 Å². The van der Waals surface area contributed by atoms with Gasteiger partial charge in [-0.3, -0.25) is 9.89 Å². The molecule has 3 aliphatic heterocycles. The van der Waals surface area contributed by atoms with E-state index < -0.39 is 32.2 Å². The molecule has 0 aromatic heterocycles. The average Bonchev–Trinajstić information content (AvgIpc) is 3.45. The molecule has 1 N–H and O–H groups in total. The summed E-state index contributed by atoms with van der Waals surface area (Å²) in [5.74, 6) is 1.40. The first-order valence-electron chi connectivity index (χ1n) is 18.1. The highest BCUT2D eigenvalue weighted by molar-refractivity contribution is 9.18. The molecule has 54 heavy (non-hydrogen) atoms. The maximum atomic E-state index is 14.1. The van der Waals surface area contributed by atoms with Crippen LogP contribution in [0.4, 0.5) is 4.79 Å². The lowest BCUT2D eigenvalue weighted by atomic mass is 10.1. The molecule has 3 unspecified atom stereocenters. The normalized spacial score (nSPS) is 21.5. The summed E-state index contributed by atoms with van der Waals surface area (Å²) in [6.07, 6.45) is 4.43. The quantitative estimate of drug-likeness (QED) is 0.132. The molecule has 11 nitrogen and oxygen atoms in total. The lowest BCUT2D eigenvalue weighted by Gasteiger charge is -2.46. The zero-order chi connectivity index (χ0) is 38.7. The number of hydrogen-bond donors (Lipinski definition) is 1. The fourth-order valence-electron chi connectivity index (χ4n) is 7.24. The van der Waals surface area contributed by atoms with E-state index in [-0.39, 0.29) is 29.4 Å². The molecule has 0 aliphatic carbocycles. The Morgan fingerprint density at radius 1 is 0.981 bits per heavy atom. The number of ether oxygens (including phenoxy) is 4. The third-order valence-corrected chi connectivity index (χ3v) is 15.6. The lowest BCUT2D eigenvalue weighted by Crippen LogP contribution is -2.68. The number of hydrogen-bond acceptors (Lipinski definition) is 9. The minimum atomic E-state index is -2.90. The van der Waals surface area contributed by atoms with Crippen molar-refractivity contribution in [3.8, 4) is 11.5 Å². The minimum Gasteiger partial charge on any atom is -0.497 e. The SMILES string of the molecule is COc1ccc(CN[N+]23C=CN=CC2=C(C2CN(C(=O)OC(C)(C)C)C(CO[Si](c4ccccc4)(c4ccccc4)C(C)(C)C)CO2)N=C3Br)c(OC)c1. The number of nitrogens with zero attached hydrogens (tertiary/aromatic N) is 4. The first-order chi connectivity index (χ1) is 25.7. The minimum absolute atomic E-state index is 0.0701. The van der Waals surface area contributed by atoms with Crippen molar-refractivity contribution in [2.75, 3.05) is 34.0 Å². The number of allylic oxidation sites excluding steroid dienone is 1. The van der Waals surface area contributed by atoms with Crippen molar-refractivity contribution in [3.63, 3.8) is 0 Å². The largest absolute Gasteiger partial charge is 0.497 e. The zero-order valence-electron chi connectivity index (χ0n) is 32.3. The van der Waals surface area contributed by atoms with Crippen molar-refractivity contribution in [2.24, 2.45) is 9.98 Å². The van der Waals surface area contributed by atoms with Crippen LogP contribution in [0.5, 0.6) is 11.5 Å². The van der Waals surface area contributed by atoms with Crippen LogP contribution in [0.2, 0.25) is 5.04 Å². The molecule has 0 saturated carbocycles. The van der Waals surface area contributed by atoms with E-state index >= 15 is 0 Å². The van der Waals surface area contributed by atoms with Gasteiger partial charge in [-0.05, 0) is 42.2 Å². The van der Waals surface area contributed by atoms with Crippen LogP contribution in [0.1, 0.15) is 47.1 Å². The molecular weight excluding hydrogens is 766 g/mol. The monoisotopic (exact) mass is 816 g/mol. The van der Waals surface area contributed by atoms with E-state index in [1.165, 1.54) is 0 Å². The second-order valence-corrected chi connectivity index (χ2v) is 20.6. The molecule has 1 fully saturated rings. The van der Waals surface area contributed by atoms with Crippen molar-refractivity contribution in [2.45, 2.75) is 70.9 Å². The summed E-state index contributed by atoms with van der Waals surface area (Å²) in [6, 6.07) is 26.3. The van der Waals surface area contributed by atoms with Crippen LogP contribution in [0, 0.1) is 0 Å². The number of amides is 1. The fraction of sp³-hybridized carbons (Fsp3) is 0.390. The van der Waals surface area contributed by atoms with Gasteiger partial charge in [-0.25, -0.2) is 4.79 Å². The second-order valence-electron chi connectivity index (χ2n) is 15.5. The summed E-state index contributed by atoms with van der Waals surface area (Å²) < 4.78 is 31.7. The van der Waals surface area contributed by atoms with Crippen molar-refractivity contribution in [3.05, 3.63) is 108 Å². The van der Waals surface area contributed by atoms with Crippen molar-refractivity contribution >= 4 is 51.7 Å². The van der Waals surface area contributed by atoms with Gasteiger partial charge in [-0.2, -0.15) is 4.99 Å². The van der Waals surface area contributed by atoms with Crippen molar-refractivity contribution in [1.29, 1.82) is 0 Å². The van der Waals surface area contributed by atoms with Crippen molar-refractivity contribution < 1.29 is 32.8 Å². The molecule has 3 aliphatic rings. The number of halogens is 1. The van der Waals surface area contributed by atoms with Gasteiger partial charge >= 0.3 is 10.8 Å². The molecule has 3 atom stereocenters. The molecule has 1 saturated heterocycles.